The number of ether oxygens (including phenoxy) is 1. The van der Waals surface area contributed by atoms with E-state index in [1.54, 1.807) is 0 Å². The lowest BCUT2D eigenvalue weighted by Gasteiger charge is -2.28. The second kappa shape index (κ2) is 6.69. The Morgan fingerprint density at radius 1 is 1.05 bits per heavy atom. The maximum absolute atomic E-state index is 6.29. The second-order valence-electron chi connectivity index (χ2n) is 5.61. The van der Waals surface area contributed by atoms with E-state index >= 15 is 0 Å². The molecule has 106 valence electrons. The molecule has 1 heterocycles. The fourth-order valence-corrected chi connectivity index (χ4v) is 2.65. The van der Waals surface area contributed by atoms with Crippen LogP contribution in [0.2, 0.25) is 0 Å². The molecule has 1 aromatic carbocycles. The van der Waals surface area contributed by atoms with Gasteiger partial charge in [0, 0.05) is 13.1 Å². The highest BCUT2D eigenvalue weighted by molar-refractivity contribution is 5.74. The molecule has 0 bridgehead atoms. The topological polar surface area (TPSA) is 38.5 Å². The first-order chi connectivity index (χ1) is 9.18. The number of nitrogens with zero attached hydrogens (tertiary/aromatic N) is 1. The fourth-order valence-electron chi connectivity index (χ4n) is 2.65. The first-order valence-corrected chi connectivity index (χ1v) is 7.48. The van der Waals surface area contributed by atoms with Crippen LogP contribution in [0.1, 0.15) is 46.0 Å². The van der Waals surface area contributed by atoms with E-state index in [1.165, 1.54) is 32.1 Å². The molecule has 0 unspecified atom stereocenters. The van der Waals surface area contributed by atoms with Gasteiger partial charge in [-0.15, -0.1) is 0 Å². The molecule has 0 atom stereocenters. The average molecular weight is 262 g/mol. The van der Waals surface area contributed by atoms with Crippen molar-refractivity contribution in [1.82, 2.24) is 0 Å². The van der Waals surface area contributed by atoms with E-state index < -0.39 is 0 Å². The highest BCUT2D eigenvalue weighted by Gasteiger charge is 2.14. The van der Waals surface area contributed by atoms with Crippen LogP contribution in [0.15, 0.2) is 18.2 Å². The van der Waals surface area contributed by atoms with Crippen LogP contribution in [0, 0.1) is 0 Å². The van der Waals surface area contributed by atoms with Gasteiger partial charge in [-0.25, -0.2) is 0 Å². The molecule has 1 aliphatic heterocycles. The maximum atomic E-state index is 6.29. The summed E-state index contributed by atoms with van der Waals surface area (Å²) >= 11 is 0. The van der Waals surface area contributed by atoms with Gasteiger partial charge >= 0.3 is 0 Å². The zero-order valence-electron chi connectivity index (χ0n) is 12.2. The third-order valence-corrected chi connectivity index (χ3v) is 3.60. The SMILES string of the molecule is CC(C)Oc1cccc(N2CCCCCCC2)c1N. The van der Waals surface area contributed by atoms with E-state index in [0.717, 1.165) is 30.2 Å². The molecule has 0 amide bonds. The molecule has 2 rings (SSSR count). The van der Waals surface area contributed by atoms with Gasteiger partial charge in [0.05, 0.1) is 17.5 Å². The van der Waals surface area contributed by atoms with Gasteiger partial charge in [-0.05, 0) is 38.8 Å². The van der Waals surface area contributed by atoms with E-state index in [2.05, 4.69) is 11.0 Å². The largest absolute Gasteiger partial charge is 0.489 e. The molecule has 1 fully saturated rings. The normalized spacial score (nSPS) is 17.1. The standard InChI is InChI=1S/C16H26N2O/c1-13(2)19-15-10-8-9-14(16(15)17)18-11-6-4-3-5-7-12-18/h8-10,13H,3-7,11-12,17H2,1-2H3. The number of para-hydroxylation sites is 1. The van der Waals surface area contributed by atoms with Crippen molar-refractivity contribution >= 4 is 11.4 Å². The average Bonchev–Trinajstić information content (AvgIpc) is 2.32. The lowest BCUT2D eigenvalue weighted by molar-refractivity contribution is 0.244. The minimum atomic E-state index is 0.157. The van der Waals surface area contributed by atoms with Crippen molar-refractivity contribution in [3.8, 4) is 5.75 Å². The van der Waals surface area contributed by atoms with Gasteiger partial charge in [0.25, 0.3) is 0 Å². The molecule has 3 nitrogen and oxygen atoms in total. The van der Waals surface area contributed by atoms with Crippen LogP contribution < -0.4 is 15.4 Å². The predicted octanol–water partition coefficient (Wildman–Crippen LogP) is 3.83. The number of hydrogen-bond donors (Lipinski definition) is 1. The van der Waals surface area contributed by atoms with E-state index in [0.29, 0.717) is 0 Å². The van der Waals surface area contributed by atoms with Gasteiger partial charge < -0.3 is 15.4 Å². The zero-order valence-corrected chi connectivity index (χ0v) is 12.2. The summed E-state index contributed by atoms with van der Waals surface area (Å²) in [6.07, 6.45) is 6.71. The van der Waals surface area contributed by atoms with Gasteiger partial charge in [0.2, 0.25) is 0 Å². The number of nitrogen functional groups attached to an aromatic ring is 1. The fraction of sp³-hybridized carbons (Fsp3) is 0.625. The number of hydrogen-bond acceptors (Lipinski definition) is 3. The van der Waals surface area contributed by atoms with Gasteiger partial charge in [0.1, 0.15) is 5.75 Å². The van der Waals surface area contributed by atoms with Gasteiger partial charge in [-0.3, -0.25) is 0 Å². The Bertz CT molecular complexity index is 396. The smallest absolute Gasteiger partial charge is 0.144 e. The van der Waals surface area contributed by atoms with Crippen LogP contribution in [-0.4, -0.2) is 19.2 Å². The first-order valence-electron chi connectivity index (χ1n) is 7.48. The summed E-state index contributed by atoms with van der Waals surface area (Å²) in [4.78, 5) is 2.42. The molecule has 0 aliphatic carbocycles. The van der Waals surface area contributed by atoms with Crippen molar-refractivity contribution in [2.75, 3.05) is 23.7 Å². The van der Waals surface area contributed by atoms with Crippen LogP contribution in [0.25, 0.3) is 0 Å². The summed E-state index contributed by atoms with van der Waals surface area (Å²) in [5.41, 5.74) is 8.21. The molecule has 0 aromatic heterocycles. The van der Waals surface area contributed by atoms with E-state index in [9.17, 15) is 0 Å². The summed E-state index contributed by atoms with van der Waals surface area (Å²) in [7, 11) is 0. The lowest BCUT2D eigenvalue weighted by atomic mass is 10.1. The Kier molecular flexibility index (Phi) is 4.94. The molecule has 19 heavy (non-hydrogen) atoms. The van der Waals surface area contributed by atoms with Crippen molar-refractivity contribution in [1.29, 1.82) is 0 Å². The third kappa shape index (κ3) is 3.79. The number of nitrogens with two attached hydrogens (primary N) is 1. The monoisotopic (exact) mass is 262 g/mol. The lowest BCUT2D eigenvalue weighted by Crippen LogP contribution is -2.28. The first kappa shape index (κ1) is 14.0. The van der Waals surface area contributed by atoms with E-state index in [-0.39, 0.29) is 6.10 Å². The van der Waals surface area contributed by atoms with Crippen molar-refractivity contribution in [2.45, 2.75) is 52.1 Å². The molecule has 1 aliphatic rings. The Labute approximate surface area is 116 Å². The Morgan fingerprint density at radius 2 is 1.68 bits per heavy atom. The second-order valence-corrected chi connectivity index (χ2v) is 5.61. The molecule has 1 saturated heterocycles. The maximum Gasteiger partial charge on any atom is 0.144 e. The van der Waals surface area contributed by atoms with Crippen molar-refractivity contribution in [3.05, 3.63) is 18.2 Å². The summed E-state index contributed by atoms with van der Waals surface area (Å²) < 4.78 is 5.78. The molecular weight excluding hydrogens is 236 g/mol. The number of rotatable bonds is 3. The summed E-state index contributed by atoms with van der Waals surface area (Å²) in [5.74, 6) is 0.814. The van der Waals surface area contributed by atoms with Gasteiger partial charge in [-0.1, -0.05) is 25.3 Å². The Balaban J connectivity index is 2.17. The Hall–Kier alpha value is -1.38. The summed E-state index contributed by atoms with van der Waals surface area (Å²) in [6, 6.07) is 6.12. The molecule has 2 N–H and O–H groups in total. The molecular formula is C16H26N2O. The van der Waals surface area contributed by atoms with Crippen molar-refractivity contribution in [3.63, 3.8) is 0 Å². The molecule has 3 heteroatoms. The number of anilines is 2. The minimum Gasteiger partial charge on any atom is -0.489 e. The van der Waals surface area contributed by atoms with E-state index in [4.69, 9.17) is 10.5 Å². The van der Waals surface area contributed by atoms with Crippen LogP contribution >= 0.6 is 0 Å². The van der Waals surface area contributed by atoms with Gasteiger partial charge in [0.15, 0.2) is 0 Å². The number of benzene rings is 1. The quantitative estimate of drug-likeness (QED) is 0.841. The zero-order chi connectivity index (χ0) is 13.7. The van der Waals surface area contributed by atoms with Crippen LogP contribution in [0.5, 0.6) is 5.75 Å². The molecule has 1 aromatic rings. The van der Waals surface area contributed by atoms with Crippen molar-refractivity contribution < 1.29 is 4.74 Å². The Morgan fingerprint density at radius 3 is 2.32 bits per heavy atom. The molecule has 0 radical (unpaired) electrons. The molecule has 0 spiro atoms. The summed E-state index contributed by atoms with van der Waals surface area (Å²) in [6.45, 7) is 6.27. The van der Waals surface area contributed by atoms with Crippen LogP contribution in [0.4, 0.5) is 11.4 Å². The highest BCUT2D eigenvalue weighted by atomic mass is 16.5. The third-order valence-electron chi connectivity index (χ3n) is 3.60. The van der Waals surface area contributed by atoms with E-state index in [1.807, 2.05) is 26.0 Å². The summed E-state index contributed by atoms with van der Waals surface area (Å²) in [5, 5.41) is 0. The van der Waals surface area contributed by atoms with Crippen LogP contribution in [-0.2, 0) is 0 Å². The highest BCUT2D eigenvalue weighted by Crippen LogP contribution is 2.33. The van der Waals surface area contributed by atoms with Crippen LogP contribution in [0.3, 0.4) is 0 Å². The molecule has 0 saturated carbocycles. The minimum absolute atomic E-state index is 0.157. The predicted molar refractivity (Wildman–Crippen MR) is 81.9 cm³/mol. The van der Waals surface area contributed by atoms with Gasteiger partial charge in [-0.2, -0.15) is 0 Å². The van der Waals surface area contributed by atoms with Crippen molar-refractivity contribution in [2.24, 2.45) is 0 Å².